The average molecular weight is 152 g/mol. The first-order valence-electron chi connectivity index (χ1n) is 4.09. The second kappa shape index (κ2) is 2.28. The molecular formula is C8H12N2O. The number of hydrogen-bond acceptors (Lipinski definition) is 3. The van der Waals surface area contributed by atoms with Gasteiger partial charge in [-0.2, -0.15) is 0 Å². The van der Waals surface area contributed by atoms with E-state index in [1.807, 2.05) is 5.94 Å². The Morgan fingerprint density at radius 3 is 2.91 bits per heavy atom. The largest absolute Gasteiger partial charge is 0.358 e. The van der Waals surface area contributed by atoms with Gasteiger partial charge in [0.2, 0.25) is 0 Å². The summed E-state index contributed by atoms with van der Waals surface area (Å²) in [5, 5.41) is 6.25. The zero-order chi connectivity index (χ0) is 7.84. The molecule has 0 spiro atoms. The SMILES string of the molecule is CC1CCC2NC(=C=O)NC12. The molecule has 0 bridgehead atoms. The van der Waals surface area contributed by atoms with E-state index in [-0.39, 0.29) is 0 Å². The summed E-state index contributed by atoms with van der Waals surface area (Å²) in [5.74, 6) is 3.08. The van der Waals surface area contributed by atoms with Gasteiger partial charge in [-0.15, -0.1) is 0 Å². The van der Waals surface area contributed by atoms with E-state index in [4.69, 9.17) is 0 Å². The third-order valence-electron chi connectivity index (χ3n) is 2.72. The van der Waals surface area contributed by atoms with Gasteiger partial charge in [-0.05, 0) is 18.8 Å². The Hall–Kier alpha value is -0.950. The maximum absolute atomic E-state index is 10.3. The molecule has 0 radical (unpaired) electrons. The lowest BCUT2D eigenvalue weighted by atomic mass is 10.1. The van der Waals surface area contributed by atoms with Crippen molar-refractivity contribution in [3.05, 3.63) is 5.82 Å². The summed E-state index contributed by atoms with van der Waals surface area (Å²) in [5.41, 5.74) is 0. The highest BCUT2D eigenvalue weighted by molar-refractivity contribution is 5.52. The van der Waals surface area contributed by atoms with Crippen molar-refractivity contribution < 1.29 is 4.79 Å². The third kappa shape index (κ3) is 0.925. The molecule has 11 heavy (non-hydrogen) atoms. The van der Waals surface area contributed by atoms with Crippen molar-refractivity contribution >= 4 is 5.94 Å². The van der Waals surface area contributed by atoms with Crippen LogP contribution in [0.3, 0.4) is 0 Å². The van der Waals surface area contributed by atoms with Crippen molar-refractivity contribution in [2.75, 3.05) is 0 Å². The second-order valence-corrected chi connectivity index (χ2v) is 3.45. The third-order valence-corrected chi connectivity index (χ3v) is 2.72. The molecule has 2 rings (SSSR count). The normalized spacial score (nSPS) is 40.8. The summed E-state index contributed by atoms with van der Waals surface area (Å²) in [4.78, 5) is 10.3. The zero-order valence-electron chi connectivity index (χ0n) is 6.55. The maximum Gasteiger partial charge on any atom is 0.187 e. The molecule has 3 atom stereocenters. The Kier molecular flexibility index (Phi) is 1.40. The highest BCUT2D eigenvalue weighted by atomic mass is 16.1. The van der Waals surface area contributed by atoms with Crippen LogP contribution in [-0.4, -0.2) is 18.0 Å². The highest BCUT2D eigenvalue weighted by Crippen LogP contribution is 2.29. The molecule has 1 saturated carbocycles. The maximum atomic E-state index is 10.3. The summed E-state index contributed by atoms with van der Waals surface area (Å²) in [6, 6.07) is 0.938. The van der Waals surface area contributed by atoms with E-state index in [0.29, 0.717) is 23.8 Å². The molecule has 1 saturated heterocycles. The molecule has 2 N–H and O–H groups in total. The number of hydrogen-bond donors (Lipinski definition) is 2. The number of fused-ring (bicyclic) bond motifs is 1. The van der Waals surface area contributed by atoms with Crippen molar-refractivity contribution in [1.82, 2.24) is 10.6 Å². The van der Waals surface area contributed by atoms with E-state index in [1.54, 1.807) is 0 Å². The van der Waals surface area contributed by atoms with Gasteiger partial charge in [-0.25, -0.2) is 4.79 Å². The van der Waals surface area contributed by atoms with Crippen molar-refractivity contribution in [3.8, 4) is 0 Å². The van der Waals surface area contributed by atoms with Crippen molar-refractivity contribution in [3.63, 3.8) is 0 Å². The summed E-state index contributed by atoms with van der Waals surface area (Å²) < 4.78 is 0. The number of nitrogens with one attached hydrogen (secondary N) is 2. The van der Waals surface area contributed by atoms with Crippen LogP contribution >= 0.6 is 0 Å². The molecular weight excluding hydrogens is 140 g/mol. The van der Waals surface area contributed by atoms with Gasteiger partial charge in [-0.1, -0.05) is 6.92 Å². The fraction of sp³-hybridized carbons (Fsp3) is 0.750. The van der Waals surface area contributed by atoms with E-state index in [1.165, 1.54) is 12.8 Å². The summed E-state index contributed by atoms with van der Waals surface area (Å²) in [6.45, 7) is 2.22. The van der Waals surface area contributed by atoms with Gasteiger partial charge in [0.25, 0.3) is 0 Å². The van der Waals surface area contributed by atoms with E-state index in [2.05, 4.69) is 17.6 Å². The lowest BCUT2D eigenvalue weighted by Gasteiger charge is -2.11. The van der Waals surface area contributed by atoms with Crippen molar-refractivity contribution in [1.29, 1.82) is 0 Å². The first kappa shape index (κ1) is 6.74. The first-order valence-corrected chi connectivity index (χ1v) is 4.09. The van der Waals surface area contributed by atoms with Crippen LogP contribution in [0.2, 0.25) is 0 Å². The molecule has 3 unspecified atom stereocenters. The van der Waals surface area contributed by atoms with Gasteiger partial charge in [-0.3, -0.25) is 0 Å². The molecule has 3 nitrogen and oxygen atoms in total. The zero-order valence-corrected chi connectivity index (χ0v) is 6.55. The van der Waals surface area contributed by atoms with Gasteiger partial charge in [0.05, 0.1) is 6.04 Å². The van der Waals surface area contributed by atoms with Crippen molar-refractivity contribution in [2.45, 2.75) is 31.8 Å². The molecule has 2 fully saturated rings. The number of carbonyl (C=O) groups excluding carboxylic acids is 1. The summed E-state index contributed by atoms with van der Waals surface area (Å²) in [7, 11) is 0. The van der Waals surface area contributed by atoms with Crippen LogP contribution in [0.4, 0.5) is 0 Å². The van der Waals surface area contributed by atoms with E-state index in [0.717, 1.165) is 0 Å². The van der Waals surface area contributed by atoms with Gasteiger partial charge in [0.1, 0.15) is 0 Å². The molecule has 1 aliphatic heterocycles. The van der Waals surface area contributed by atoms with Crippen LogP contribution in [-0.2, 0) is 4.79 Å². The van der Waals surface area contributed by atoms with Crippen LogP contribution < -0.4 is 10.6 Å². The van der Waals surface area contributed by atoms with Crippen LogP contribution in [0.1, 0.15) is 19.8 Å². The lowest BCUT2D eigenvalue weighted by Crippen LogP contribution is -2.31. The Balaban J connectivity index is 2.15. The topological polar surface area (TPSA) is 41.1 Å². The monoisotopic (exact) mass is 152 g/mol. The quantitative estimate of drug-likeness (QED) is 0.481. The molecule has 60 valence electrons. The predicted octanol–water partition coefficient (Wildman–Crippen LogP) is 0.0193. The molecule has 1 heterocycles. The molecule has 2 aliphatic rings. The first-order chi connectivity index (χ1) is 5.31. The van der Waals surface area contributed by atoms with Gasteiger partial charge in [0, 0.05) is 6.04 Å². The molecule has 0 aromatic heterocycles. The molecule has 0 aromatic rings. The minimum atomic E-state index is 0.464. The van der Waals surface area contributed by atoms with Crippen LogP contribution in [0.25, 0.3) is 0 Å². The fourth-order valence-electron chi connectivity index (χ4n) is 2.06. The molecule has 0 aromatic carbocycles. The molecule has 0 amide bonds. The Labute approximate surface area is 65.9 Å². The Morgan fingerprint density at radius 1 is 1.45 bits per heavy atom. The standard InChI is InChI=1S/C8H12N2O/c1-5-2-3-6-8(5)10-7(4-11)9-6/h5-6,8-10H,2-3H2,1H3. The molecule has 1 aliphatic carbocycles. The van der Waals surface area contributed by atoms with Gasteiger partial charge in [0.15, 0.2) is 11.8 Å². The van der Waals surface area contributed by atoms with E-state index >= 15 is 0 Å². The Morgan fingerprint density at radius 2 is 2.27 bits per heavy atom. The van der Waals surface area contributed by atoms with Crippen LogP contribution in [0, 0.1) is 5.92 Å². The van der Waals surface area contributed by atoms with Crippen LogP contribution in [0.15, 0.2) is 5.82 Å². The fourth-order valence-corrected chi connectivity index (χ4v) is 2.06. The van der Waals surface area contributed by atoms with Gasteiger partial charge >= 0.3 is 0 Å². The number of rotatable bonds is 0. The summed E-state index contributed by atoms with van der Waals surface area (Å²) >= 11 is 0. The highest BCUT2D eigenvalue weighted by Gasteiger charge is 2.38. The van der Waals surface area contributed by atoms with E-state index < -0.39 is 0 Å². The molecule has 3 heteroatoms. The predicted molar refractivity (Wildman–Crippen MR) is 41.5 cm³/mol. The van der Waals surface area contributed by atoms with Gasteiger partial charge < -0.3 is 10.6 Å². The minimum Gasteiger partial charge on any atom is -0.358 e. The lowest BCUT2D eigenvalue weighted by molar-refractivity contribution is 0.475. The smallest absolute Gasteiger partial charge is 0.187 e. The Bertz CT molecular complexity index is 220. The minimum absolute atomic E-state index is 0.464. The van der Waals surface area contributed by atoms with Crippen molar-refractivity contribution in [2.24, 2.45) is 5.92 Å². The second-order valence-electron chi connectivity index (χ2n) is 3.45. The average Bonchev–Trinajstić information content (AvgIpc) is 2.53. The van der Waals surface area contributed by atoms with Crippen LogP contribution in [0.5, 0.6) is 0 Å². The summed E-state index contributed by atoms with van der Waals surface area (Å²) in [6.07, 6.45) is 2.42. The van der Waals surface area contributed by atoms with E-state index in [9.17, 15) is 4.79 Å².